The van der Waals surface area contributed by atoms with Gasteiger partial charge < -0.3 is 15.6 Å². The van der Waals surface area contributed by atoms with Crippen LogP contribution < -0.4 is 10.5 Å². The first-order valence-corrected chi connectivity index (χ1v) is 6.26. The monoisotopic (exact) mass is 316 g/mol. The summed E-state index contributed by atoms with van der Waals surface area (Å²) in [6, 6.07) is 5.43. The maximum Gasteiger partial charge on any atom is 0.273 e. The number of thiophene rings is 1. The van der Waals surface area contributed by atoms with Crippen molar-refractivity contribution in [1.82, 2.24) is 0 Å². The maximum atomic E-state index is 10.9. The van der Waals surface area contributed by atoms with Crippen LogP contribution in [0.5, 0.6) is 11.5 Å². The molecule has 0 amide bonds. The number of nitrogens with two attached hydrogens (primary N) is 1. The fraction of sp³-hybridized carbons (Fsp3) is 0.167. The first-order valence-electron chi connectivity index (χ1n) is 5.39. The highest BCUT2D eigenvalue weighted by atomic mass is 35.5. The summed E-state index contributed by atoms with van der Waals surface area (Å²) in [5.74, 6) is -0.134. The van der Waals surface area contributed by atoms with Crippen molar-refractivity contribution < 1.29 is 14.8 Å². The third kappa shape index (κ3) is 3.01. The highest BCUT2D eigenvalue weighted by Crippen LogP contribution is 2.39. The molecular formula is C12H13ClN2O4S. The van der Waals surface area contributed by atoms with Gasteiger partial charge in [-0.25, -0.2) is 0 Å². The topological polar surface area (TPSA) is 98.6 Å². The van der Waals surface area contributed by atoms with E-state index < -0.39 is 11.0 Å². The van der Waals surface area contributed by atoms with Crippen LogP contribution in [0.1, 0.15) is 16.5 Å². The van der Waals surface area contributed by atoms with Gasteiger partial charge in [0.05, 0.1) is 24.1 Å². The SMILES string of the molecule is COc1cc([N+](=O)[O-])cc([C@H](N)c2cccs2)c1O.Cl. The number of nitro benzene ring substituents is 1. The molecule has 1 atom stereocenters. The van der Waals surface area contributed by atoms with Gasteiger partial charge in [0.1, 0.15) is 0 Å². The van der Waals surface area contributed by atoms with Gasteiger partial charge in [-0.2, -0.15) is 0 Å². The molecule has 0 unspecified atom stereocenters. The number of nitro groups is 1. The average molecular weight is 317 g/mol. The smallest absolute Gasteiger partial charge is 0.273 e. The van der Waals surface area contributed by atoms with Crippen LogP contribution >= 0.6 is 23.7 Å². The molecule has 0 aliphatic carbocycles. The van der Waals surface area contributed by atoms with E-state index in [-0.39, 0.29) is 35.2 Å². The Bertz CT molecular complexity index is 604. The van der Waals surface area contributed by atoms with Gasteiger partial charge in [0.25, 0.3) is 5.69 Å². The molecule has 1 aromatic carbocycles. The van der Waals surface area contributed by atoms with E-state index in [9.17, 15) is 15.2 Å². The van der Waals surface area contributed by atoms with Crippen molar-refractivity contribution in [2.45, 2.75) is 6.04 Å². The fourth-order valence-corrected chi connectivity index (χ4v) is 2.48. The zero-order valence-corrected chi connectivity index (χ0v) is 12.1. The summed E-state index contributed by atoms with van der Waals surface area (Å²) in [4.78, 5) is 11.1. The van der Waals surface area contributed by atoms with E-state index in [0.717, 1.165) is 4.88 Å². The van der Waals surface area contributed by atoms with Crippen molar-refractivity contribution in [1.29, 1.82) is 0 Å². The minimum absolute atomic E-state index is 0. The summed E-state index contributed by atoms with van der Waals surface area (Å²) < 4.78 is 4.94. The quantitative estimate of drug-likeness (QED) is 0.667. The van der Waals surface area contributed by atoms with Gasteiger partial charge in [0.15, 0.2) is 11.5 Å². The van der Waals surface area contributed by atoms with Crippen LogP contribution in [0.2, 0.25) is 0 Å². The molecule has 0 saturated heterocycles. The van der Waals surface area contributed by atoms with Crippen molar-refractivity contribution in [2.75, 3.05) is 7.11 Å². The summed E-state index contributed by atoms with van der Waals surface area (Å²) in [5.41, 5.74) is 6.13. The first kappa shape index (κ1) is 16.2. The van der Waals surface area contributed by atoms with Gasteiger partial charge in [-0.05, 0) is 11.4 Å². The van der Waals surface area contributed by atoms with Crippen molar-refractivity contribution in [3.63, 3.8) is 0 Å². The van der Waals surface area contributed by atoms with Crippen LogP contribution in [0.4, 0.5) is 5.69 Å². The Hall–Kier alpha value is -1.83. The largest absolute Gasteiger partial charge is 0.504 e. The summed E-state index contributed by atoms with van der Waals surface area (Å²) in [7, 11) is 1.33. The van der Waals surface area contributed by atoms with E-state index in [2.05, 4.69) is 0 Å². The van der Waals surface area contributed by atoms with E-state index in [1.165, 1.54) is 30.6 Å². The number of benzene rings is 1. The van der Waals surface area contributed by atoms with E-state index >= 15 is 0 Å². The van der Waals surface area contributed by atoms with E-state index in [1.54, 1.807) is 6.07 Å². The highest BCUT2D eigenvalue weighted by Gasteiger charge is 2.22. The molecule has 2 rings (SSSR count). The number of non-ortho nitro benzene ring substituents is 1. The van der Waals surface area contributed by atoms with Gasteiger partial charge in [0.2, 0.25) is 0 Å². The molecule has 0 bridgehead atoms. The summed E-state index contributed by atoms with van der Waals surface area (Å²) >= 11 is 1.42. The minimum atomic E-state index is -0.631. The second-order valence-electron chi connectivity index (χ2n) is 3.84. The molecule has 6 nitrogen and oxygen atoms in total. The molecule has 1 heterocycles. The number of rotatable bonds is 4. The van der Waals surface area contributed by atoms with Crippen molar-refractivity contribution in [2.24, 2.45) is 5.73 Å². The van der Waals surface area contributed by atoms with Crippen LogP contribution in [-0.4, -0.2) is 17.1 Å². The normalized spacial score (nSPS) is 11.5. The molecule has 0 saturated carbocycles. The minimum Gasteiger partial charge on any atom is -0.504 e. The molecule has 0 aliphatic rings. The van der Waals surface area contributed by atoms with E-state index in [1.807, 2.05) is 11.4 Å². The van der Waals surface area contributed by atoms with E-state index in [4.69, 9.17) is 10.5 Å². The molecule has 108 valence electrons. The predicted octanol–water partition coefficient (Wildman–Crippen LogP) is 2.84. The lowest BCUT2D eigenvalue weighted by molar-refractivity contribution is -0.385. The second-order valence-corrected chi connectivity index (χ2v) is 4.82. The molecular weight excluding hydrogens is 304 g/mol. The number of ether oxygens (including phenoxy) is 1. The lowest BCUT2D eigenvalue weighted by atomic mass is 10.0. The molecule has 2 aromatic rings. The lowest BCUT2D eigenvalue weighted by Crippen LogP contribution is -2.11. The van der Waals surface area contributed by atoms with Crippen molar-refractivity contribution >= 4 is 29.4 Å². The van der Waals surface area contributed by atoms with Crippen LogP contribution in [0, 0.1) is 10.1 Å². The average Bonchev–Trinajstić information content (AvgIpc) is 2.91. The zero-order valence-electron chi connectivity index (χ0n) is 10.5. The zero-order chi connectivity index (χ0) is 14.0. The molecule has 3 N–H and O–H groups in total. The Morgan fingerprint density at radius 2 is 2.20 bits per heavy atom. The first-order chi connectivity index (χ1) is 9.04. The molecule has 0 spiro atoms. The van der Waals surface area contributed by atoms with Gasteiger partial charge in [-0.15, -0.1) is 23.7 Å². The number of phenols is 1. The van der Waals surface area contributed by atoms with E-state index in [0.29, 0.717) is 0 Å². The third-order valence-electron chi connectivity index (χ3n) is 2.70. The fourth-order valence-electron chi connectivity index (χ4n) is 1.73. The summed E-state index contributed by atoms with van der Waals surface area (Å²) in [6.07, 6.45) is 0. The van der Waals surface area contributed by atoms with Crippen LogP contribution in [-0.2, 0) is 0 Å². The highest BCUT2D eigenvalue weighted by molar-refractivity contribution is 7.10. The molecule has 8 heteroatoms. The van der Waals surface area contributed by atoms with Crippen molar-refractivity contribution in [3.05, 3.63) is 50.2 Å². The Morgan fingerprint density at radius 1 is 1.50 bits per heavy atom. The van der Waals surface area contributed by atoms with Crippen LogP contribution in [0.15, 0.2) is 29.6 Å². The molecule has 0 aliphatic heterocycles. The molecule has 0 radical (unpaired) electrons. The third-order valence-corrected chi connectivity index (χ3v) is 3.66. The molecule has 20 heavy (non-hydrogen) atoms. The Labute approximate surface area is 125 Å². The predicted molar refractivity (Wildman–Crippen MR) is 78.9 cm³/mol. The maximum absolute atomic E-state index is 10.9. The number of hydrogen-bond donors (Lipinski definition) is 2. The Kier molecular flexibility index (Phi) is 5.32. The van der Waals surface area contributed by atoms with Crippen molar-refractivity contribution in [3.8, 4) is 11.5 Å². The standard InChI is InChI=1S/C12H12N2O4S.ClH/c1-18-9-6-7(14(16)17)5-8(12(9)15)11(13)10-3-2-4-19-10;/h2-6,11,15H,13H2,1H3;1H/t11-;/m0./s1. The van der Waals surface area contributed by atoms with Gasteiger partial charge >= 0.3 is 0 Å². The second kappa shape index (κ2) is 6.56. The number of methoxy groups -OCH3 is 1. The number of hydrogen-bond acceptors (Lipinski definition) is 6. The Balaban J connectivity index is 0.00000200. The number of nitrogens with zero attached hydrogens (tertiary/aromatic N) is 1. The molecule has 1 aromatic heterocycles. The van der Waals surface area contributed by atoms with Gasteiger partial charge in [-0.3, -0.25) is 10.1 Å². The lowest BCUT2D eigenvalue weighted by Gasteiger charge is -2.14. The number of aromatic hydroxyl groups is 1. The van der Waals surface area contributed by atoms with Gasteiger partial charge in [-0.1, -0.05) is 6.07 Å². The summed E-state index contributed by atoms with van der Waals surface area (Å²) in [5, 5.41) is 22.8. The number of halogens is 1. The Morgan fingerprint density at radius 3 is 2.70 bits per heavy atom. The summed E-state index contributed by atoms with van der Waals surface area (Å²) in [6.45, 7) is 0. The number of phenolic OH excluding ortho intramolecular Hbond substituents is 1. The molecule has 0 fully saturated rings. The van der Waals surface area contributed by atoms with Gasteiger partial charge in [0, 0.05) is 16.5 Å². The van der Waals surface area contributed by atoms with Crippen LogP contribution in [0.25, 0.3) is 0 Å². The van der Waals surface area contributed by atoms with Crippen LogP contribution in [0.3, 0.4) is 0 Å².